The number of hydrogen-bond acceptors (Lipinski definition) is 3. The molecule has 0 heterocycles. The molecule has 140 valence electrons. The average molecular weight is 375 g/mol. The summed E-state index contributed by atoms with van der Waals surface area (Å²) >= 11 is 0. The number of unbranched alkanes of at least 4 members (excludes halogenated alkanes) is 3. The Morgan fingerprint density at radius 2 is 1.72 bits per heavy atom. The Kier molecular flexibility index (Phi) is 8.71. The zero-order valence-electron chi connectivity index (χ0n) is 14.1. The standard InChI is InChI=1S/C17H23F2NO4S/c1-25(23,24)20(9-5-3-2-4-8-17(21)22)10-6-7-14-11-15(18)13-16(19)12-14/h6-7,11-13H,2-5,8-10H2,1H3,(H,21,22). The number of benzene rings is 1. The topological polar surface area (TPSA) is 74.7 Å². The Balaban J connectivity index is 2.51. The third kappa shape index (κ3) is 9.31. The van der Waals surface area contributed by atoms with Crippen molar-refractivity contribution in [3.05, 3.63) is 41.5 Å². The number of hydrogen-bond donors (Lipinski definition) is 1. The predicted molar refractivity (Wildman–Crippen MR) is 92.5 cm³/mol. The molecule has 1 rings (SSSR count). The number of carboxylic acid groups (broad SMARTS) is 1. The first-order chi connectivity index (χ1) is 11.7. The summed E-state index contributed by atoms with van der Waals surface area (Å²) in [4.78, 5) is 10.4. The van der Waals surface area contributed by atoms with Crippen LogP contribution in [0.25, 0.3) is 6.08 Å². The van der Waals surface area contributed by atoms with Gasteiger partial charge in [0.1, 0.15) is 11.6 Å². The van der Waals surface area contributed by atoms with Gasteiger partial charge in [0.2, 0.25) is 10.0 Å². The van der Waals surface area contributed by atoms with Gasteiger partial charge in [-0.05, 0) is 30.5 Å². The van der Waals surface area contributed by atoms with E-state index in [2.05, 4.69) is 0 Å². The number of sulfonamides is 1. The minimum absolute atomic E-state index is 0.103. The van der Waals surface area contributed by atoms with Gasteiger partial charge in [0.15, 0.2) is 0 Å². The number of carboxylic acids is 1. The molecule has 0 saturated heterocycles. The lowest BCUT2D eigenvalue weighted by atomic mass is 10.1. The van der Waals surface area contributed by atoms with E-state index in [1.54, 1.807) is 6.08 Å². The van der Waals surface area contributed by atoms with Crippen LogP contribution < -0.4 is 0 Å². The molecule has 5 nitrogen and oxygen atoms in total. The van der Waals surface area contributed by atoms with E-state index < -0.39 is 27.6 Å². The summed E-state index contributed by atoms with van der Waals surface area (Å²) in [6, 6.07) is 3.09. The van der Waals surface area contributed by atoms with Gasteiger partial charge in [-0.25, -0.2) is 17.2 Å². The lowest BCUT2D eigenvalue weighted by Crippen LogP contribution is -2.31. The summed E-state index contributed by atoms with van der Waals surface area (Å²) in [5, 5.41) is 8.55. The Morgan fingerprint density at radius 1 is 1.12 bits per heavy atom. The van der Waals surface area contributed by atoms with Crippen molar-refractivity contribution in [3.63, 3.8) is 0 Å². The average Bonchev–Trinajstić information content (AvgIpc) is 2.46. The number of nitrogens with zero attached hydrogens (tertiary/aromatic N) is 1. The van der Waals surface area contributed by atoms with Crippen LogP contribution in [-0.2, 0) is 14.8 Å². The highest BCUT2D eigenvalue weighted by molar-refractivity contribution is 7.88. The number of rotatable bonds is 11. The zero-order chi connectivity index (χ0) is 18.9. The first kappa shape index (κ1) is 21.2. The van der Waals surface area contributed by atoms with Crippen molar-refractivity contribution in [3.8, 4) is 0 Å². The molecule has 1 aromatic carbocycles. The molecule has 0 spiro atoms. The van der Waals surface area contributed by atoms with E-state index >= 15 is 0 Å². The van der Waals surface area contributed by atoms with Gasteiger partial charge < -0.3 is 5.11 Å². The van der Waals surface area contributed by atoms with Gasteiger partial charge in [0, 0.05) is 25.6 Å². The normalized spacial score (nSPS) is 12.2. The Bertz CT molecular complexity index is 684. The molecule has 0 radical (unpaired) electrons. The molecule has 1 N–H and O–H groups in total. The Labute approximate surface area is 147 Å². The van der Waals surface area contributed by atoms with Crippen molar-refractivity contribution >= 4 is 22.1 Å². The third-order valence-electron chi connectivity index (χ3n) is 3.52. The van der Waals surface area contributed by atoms with Crippen molar-refractivity contribution in [2.45, 2.75) is 32.1 Å². The van der Waals surface area contributed by atoms with Crippen LogP contribution in [0.1, 0.15) is 37.7 Å². The minimum atomic E-state index is -3.40. The van der Waals surface area contributed by atoms with Gasteiger partial charge in [-0.15, -0.1) is 0 Å². The first-order valence-corrected chi connectivity index (χ1v) is 9.83. The Hall–Kier alpha value is -1.80. The molecular weight excluding hydrogens is 352 g/mol. The molecule has 0 aliphatic rings. The monoisotopic (exact) mass is 375 g/mol. The van der Waals surface area contributed by atoms with Crippen molar-refractivity contribution in [2.75, 3.05) is 19.3 Å². The first-order valence-electron chi connectivity index (χ1n) is 7.98. The van der Waals surface area contributed by atoms with Crippen molar-refractivity contribution < 1.29 is 27.1 Å². The molecule has 0 amide bonds. The van der Waals surface area contributed by atoms with Gasteiger partial charge in [0.05, 0.1) is 6.26 Å². The summed E-state index contributed by atoms with van der Waals surface area (Å²) in [6.45, 7) is 0.417. The SMILES string of the molecule is CS(=O)(=O)N(CC=Cc1cc(F)cc(F)c1)CCCCCCC(=O)O. The molecule has 1 aromatic rings. The number of aliphatic carboxylic acids is 1. The Morgan fingerprint density at radius 3 is 2.28 bits per heavy atom. The molecule has 25 heavy (non-hydrogen) atoms. The van der Waals surface area contributed by atoms with Crippen molar-refractivity contribution in [2.24, 2.45) is 0 Å². The van der Waals surface area contributed by atoms with Crippen LogP contribution in [0.2, 0.25) is 0 Å². The van der Waals surface area contributed by atoms with E-state index in [-0.39, 0.29) is 13.0 Å². The lowest BCUT2D eigenvalue weighted by Gasteiger charge is -2.18. The maximum atomic E-state index is 13.1. The lowest BCUT2D eigenvalue weighted by molar-refractivity contribution is -0.137. The largest absolute Gasteiger partial charge is 0.481 e. The van der Waals surface area contributed by atoms with Crippen LogP contribution in [0.5, 0.6) is 0 Å². The van der Waals surface area contributed by atoms with Gasteiger partial charge in [-0.3, -0.25) is 4.79 Å². The van der Waals surface area contributed by atoms with Gasteiger partial charge in [0.25, 0.3) is 0 Å². The predicted octanol–water partition coefficient (Wildman–Crippen LogP) is 3.27. The molecule has 0 fully saturated rings. The number of carbonyl (C=O) groups is 1. The summed E-state index contributed by atoms with van der Waals surface area (Å²) in [6.07, 6.45) is 6.88. The second-order valence-corrected chi connectivity index (χ2v) is 7.77. The van der Waals surface area contributed by atoms with E-state index in [0.717, 1.165) is 37.3 Å². The highest BCUT2D eigenvalue weighted by Gasteiger charge is 2.14. The zero-order valence-corrected chi connectivity index (χ0v) is 14.9. The maximum Gasteiger partial charge on any atom is 0.303 e. The van der Waals surface area contributed by atoms with Crippen LogP contribution in [0.15, 0.2) is 24.3 Å². The van der Waals surface area contributed by atoms with E-state index in [4.69, 9.17) is 5.11 Å². The van der Waals surface area contributed by atoms with Crippen LogP contribution in [-0.4, -0.2) is 43.1 Å². The summed E-state index contributed by atoms with van der Waals surface area (Å²) in [7, 11) is -3.40. The van der Waals surface area contributed by atoms with Crippen LogP contribution in [0.4, 0.5) is 8.78 Å². The maximum absolute atomic E-state index is 13.1. The third-order valence-corrected chi connectivity index (χ3v) is 4.79. The molecule has 0 aromatic heterocycles. The summed E-state index contributed by atoms with van der Waals surface area (Å²) in [5.41, 5.74) is 0.319. The molecule has 0 aliphatic carbocycles. The summed E-state index contributed by atoms with van der Waals surface area (Å²) in [5.74, 6) is -2.22. The molecule has 0 saturated carbocycles. The van der Waals surface area contributed by atoms with Crippen molar-refractivity contribution in [1.29, 1.82) is 0 Å². The fourth-order valence-electron chi connectivity index (χ4n) is 2.29. The van der Waals surface area contributed by atoms with E-state index in [1.807, 2.05) is 0 Å². The highest BCUT2D eigenvalue weighted by atomic mass is 32.2. The number of halogens is 2. The quantitative estimate of drug-likeness (QED) is 0.603. The van der Waals surface area contributed by atoms with Crippen LogP contribution >= 0.6 is 0 Å². The molecule has 8 heteroatoms. The fourth-order valence-corrected chi connectivity index (χ4v) is 3.11. The highest BCUT2D eigenvalue weighted by Crippen LogP contribution is 2.11. The smallest absolute Gasteiger partial charge is 0.303 e. The van der Waals surface area contributed by atoms with Gasteiger partial charge in [-0.2, -0.15) is 4.31 Å². The van der Waals surface area contributed by atoms with Crippen LogP contribution in [0, 0.1) is 11.6 Å². The van der Waals surface area contributed by atoms with E-state index in [0.29, 0.717) is 24.9 Å². The van der Waals surface area contributed by atoms with Gasteiger partial charge >= 0.3 is 5.97 Å². The molecule has 0 bridgehead atoms. The molecule has 0 atom stereocenters. The molecular formula is C17H23F2NO4S. The summed E-state index contributed by atoms with van der Waals surface area (Å²) < 4.78 is 51.1. The van der Waals surface area contributed by atoms with Crippen LogP contribution in [0.3, 0.4) is 0 Å². The molecule has 0 unspecified atom stereocenters. The van der Waals surface area contributed by atoms with Gasteiger partial charge in [-0.1, -0.05) is 25.0 Å². The minimum Gasteiger partial charge on any atom is -0.481 e. The molecule has 0 aliphatic heterocycles. The second kappa shape index (κ2) is 10.2. The van der Waals surface area contributed by atoms with E-state index in [9.17, 15) is 22.0 Å². The fraction of sp³-hybridized carbons (Fsp3) is 0.471. The van der Waals surface area contributed by atoms with Crippen molar-refractivity contribution in [1.82, 2.24) is 4.31 Å². The van der Waals surface area contributed by atoms with E-state index in [1.165, 1.54) is 10.4 Å². The second-order valence-electron chi connectivity index (χ2n) is 5.78.